The lowest BCUT2D eigenvalue weighted by Crippen LogP contribution is -2.39. The van der Waals surface area contributed by atoms with E-state index in [0.29, 0.717) is 0 Å². The Morgan fingerprint density at radius 1 is 1.29 bits per heavy atom. The summed E-state index contributed by atoms with van der Waals surface area (Å²) in [5.41, 5.74) is 9.29. The molecule has 0 heterocycles. The van der Waals surface area contributed by atoms with Crippen LogP contribution in [0.25, 0.3) is 10.8 Å². The van der Waals surface area contributed by atoms with Gasteiger partial charge in [0, 0.05) is 18.2 Å². The fraction of sp³-hybridized carbons (Fsp3) is 0.312. The Morgan fingerprint density at radius 3 is 2.71 bits per heavy atom. The van der Waals surface area contributed by atoms with Gasteiger partial charge < -0.3 is 15.8 Å². The molecule has 0 aromatic heterocycles. The first-order valence-electron chi connectivity index (χ1n) is 6.79. The summed E-state index contributed by atoms with van der Waals surface area (Å²) in [6.07, 6.45) is 2.15. The molecular formula is C16H19ClN2O2. The highest BCUT2D eigenvalue weighted by Crippen LogP contribution is 2.34. The summed E-state index contributed by atoms with van der Waals surface area (Å²) in [5.74, 6) is -0.217. The van der Waals surface area contributed by atoms with Gasteiger partial charge in [-0.15, -0.1) is 12.4 Å². The van der Waals surface area contributed by atoms with Gasteiger partial charge in [0.05, 0.1) is 6.61 Å². The molecule has 0 bridgehead atoms. The number of ether oxygens (including phenoxy) is 1. The van der Waals surface area contributed by atoms with Gasteiger partial charge in [0.25, 0.3) is 0 Å². The Hall–Kier alpha value is -1.62. The van der Waals surface area contributed by atoms with Crippen molar-refractivity contribution in [3.63, 3.8) is 0 Å². The largest absolute Gasteiger partial charge is 0.383 e. The van der Waals surface area contributed by atoms with Crippen molar-refractivity contribution in [1.82, 2.24) is 0 Å². The van der Waals surface area contributed by atoms with E-state index in [9.17, 15) is 4.79 Å². The molecule has 2 aromatic rings. The van der Waals surface area contributed by atoms with Gasteiger partial charge in [-0.1, -0.05) is 24.3 Å². The van der Waals surface area contributed by atoms with Gasteiger partial charge in [-0.2, -0.15) is 0 Å². The Labute approximate surface area is 130 Å². The van der Waals surface area contributed by atoms with Crippen LogP contribution in [-0.2, 0) is 22.4 Å². The Morgan fingerprint density at radius 2 is 2.00 bits per heavy atom. The van der Waals surface area contributed by atoms with E-state index in [2.05, 4.69) is 17.4 Å². The Balaban J connectivity index is 0.00000161. The number of hydrogen-bond donors (Lipinski definition) is 2. The maximum Gasteiger partial charge on any atom is 0.243 e. The first-order chi connectivity index (χ1) is 9.70. The molecule has 2 aromatic carbocycles. The van der Waals surface area contributed by atoms with Crippen LogP contribution in [-0.4, -0.2) is 25.7 Å². The zero-order valence-electron chi connectivity index (χ0n) is 11.9. The van der Waals surface area contributed by atoms with Crippen LogP contribution in [0.15, 0.2) is 30.3 Å². The van der Waals surface area contributed by atoms with Gasteiger partial charge in [0.1, 0.15) is 6.04 Å². The molecule has 112 valence electrons. The van der Waals surface area contributed by atoms with Crippen LogP contribution in [0.3, 0.4) is 0 Å². The molecular weight excluding hydrogens is 288 g/mol. The molecule has 1 aliphatic rings. The number of anilines is 1. The van der Waals surface area contributed by atoms with Crippen LogP contribution in [0.1, 0.15) is 11.1 Å². The third-order valence-electron chi connectivity index (χ3n) is 3.82. The summed E-state index contributed by atoms with van der Waals surface area (Å²) < 4.78 is 4.91. The van der Waals surface area contributed by atoms with E-state index in [0.717, 1.165) is 23.9 Å². The predicted octanol–water partition coefficient (Wildman–Crippen LogP) is 2.27. The number of carbonyl (C=O) groups is 1. The number of hydrogen-bond acceptors (Lipinski definition) is 3. The first kappa shape index (κ1) is 15.8. The van der Waals surface area contributed by atoms with Crippen molar-refractivity contribution in [2.24, 2.45) is 5.73 Å². The number of amides is 1. The smallest absolute Gasteiger partial charge is 0.243 e. The van der Waals surface area contributed by atoms with Gasteiger partial charge in [-0.25, -0.2) is 0 Å². The van der Waals surface area contributed by atoms with E-state index >= 15 is 0 Å². The summed E-state index contributed by atoms with van der Waals surface area (Å²) in [6.45, 7) is 0.215. The lowest BCUT2D eigenvalue weighted by Gasteiger charge is -2.14. The molecule has 0 aliphatic heterocycles. The number of nitrogens with one attached hydrogen (secondary N) is 1. The van der Waals surface area contributed by atoms with Gasteiger partial charge in [-0.3, -0.25) is 4.79 Å². The van der Waals surface area contributed by atoms with Crippen molar-refractivity contribution < 1.29 is 9.53 Å². The van der Waals surface area contributed by atoms with Crippen molar-refractivity contribution in [3.8, 4) is 0 Å². The van der Waals surface area contributed by atoms with Crippen LogP contribution in [0, 0.1) is 0 Å². The second-order valence-electron chi connectivity index (χ2n) is 5.16. The summed E-state index contributed by atoms with van der Waals surface area (Å²) in [4.78, 5) is 12.0. The molecule has 0 saturated heterocycles. The third kappa shape index (κ3) is 2.88. The second-order valence-corrected chi connectivity index (χ2v) is 5.16. The van der Waals surface area contributed by atoms with Crippen LogP contribution >= 0.6 is 12.4 Å². The fourth-order valence-electron chi connectivity index (χ4n) is 2.84. The molecule has 1 atom stereocenters. The highest BCUT2D eigenvalue weighted by atomic mass is 35.5. The predicted molar refractivity (Wildman–Crippen MR) is 87.1 cm³/mol. The summed E-state index contributed by atoms with van der Waals surface area (Å²) >= 11 is 0. The first-order valence-corrected chi connectivity index (χ1v) is 6.79. The summed E-state index contributed by atoms with van der Waals surface area (Å²) in [7, 11) is 1.53. The molecule has 3 N–H and O–H groups in total. The van der Waals surface area contributed by atoms with Gasteiger partial charge in [0.2, 0.25) is 5.91 Å². The maximum atomic E-state index is 12.0. The molecule has 1 amide bonds. The van der Waals surface area contributed by atoms with E-state index in [1.54, 1.807) is 0 Å². The lowest BCUT2D eigenvalue weighted by molar-refractivity contribution is -0.118. The standard InChI is InChI=1S/C16H18N2O2.ClH/c1-20-9-13(17)16(19)18-14-8-7-11-6-5-10-3-2-4-12(14)15(10)11;/h2-4,7-8,13H,5-6,9,17H2,1H3,(H,18,19);1H. The average molecular weight is 307 g/mol. The maximum absolute atomic E-state index is 12.0. The van der Waals surface area contributed by atoms with E-state index in [1.807, 2.05) is 18.2 Å². The molecule has 0 fully saturated rings. The molecule has 0 spiro atoms. The minimum atomic E-state index is -0.650. The minimum Gasteiger partial charge on any atom is -0.383 e. The van der Waals surface area contributed by atoms with Gasteiger partial charge in [0.15, 0.2) is 0 Å². The van der Waals surface area contributed by atoms with Crippen molar-refractivity contribution in [1.29, 1.82) is 0 Å². The normalized spacial score (nSPS) is 13.8. The van der Waals surface area contributed by atoms with Crippen molar-refractivity contribution in [3.05, 3.63) is 41.5 Å². The van der Waals surface area contributed by atoms with Gasteiger partial charge in [-0.05, 0) is 35.4 Å². The molecule has 3 rings (SSSR count). The zero-order chi connectivity index (χ0) is 14.1. The average Bonchev–Trinajstić information content (AvgIpc) is 2.87. The quantitative estimate of drug-likeness (QED) is 0.911. The minimum absolute atomic E-state index is 0. The van der Waals surface area contributed by atoms with Crippen LogP contribution in [0.2, 0.25) is 0 Å². The number of halogens is 1. The number of carbonyl (C=O) groups excluding carboxylic acids is 1. The molecule has 5 heteroatoms. The molecule has 1 unspecified atom stereocenters. The van der Waals surface area contributed by atoms with E-state index in [4.69, 9.17) is 10.5 Å². The van der Waals surface area contributed by atoms with E-state index in [-0.39, 0.29) is 24.9 Å². The Bertz CT molecular complexity index is 662. The van der Waals surface area contributed by atoms with Crippen molar-refractivity contribution >= 4 is 34.8 Å². The highest BCUT2D eigenvalue weighted by Gasteiger charge is 2.18. The van der Waals surface area contributed by atoms with E-state index < -0.39 is 6.04 Å². The molecule has 21 heavy (non-hydrogen) atoms. The summed E-state index contributed by atoms with van der Waals surface area (Å²) in [6, 6.07) is 9.65. The monoisotopic (exact) mass is 306 g/mol. The van der Waals surface area contributed by atoms with Crippen molar-refractivity contribution in [2.45, 2.75) is 18.9 Å². The lowest BCUT2D eigenvalue weighted by atomic mass is 10.0. The highest BCUT2D eigenvalue weighted by molar-refractivity contribution is 6.06. The molecule has 0 saturated carbocycles. The van der Waals surface area contributed by atoms with Crippen LogP contribution in [0.4, 0.5) is 5.69 Å². The zero-order valence-corrected chi connectivity index (χ0v) is 12.7. The number of nitrogens with two attached hydrogens (primary N) is 1. The topological polar surface area (TPSA) is 64.3 Å². The third-order valence-corrected chi connectivity index (χ3v) is 3.82. The van der Waals surface area contributed by atoms with Crippen LogP contribution in [0.5, 0.6) is 0 Å². The molecule has 1 aliphatic carbocycles. The van der Waals surface area contributed by atoms with E-state index in [1.165, 1.54) is 23.6 Å². The molecule has 0 radical (unpaired) electrons. The Kier molecular flexibility index (Phi) is 4.83. The summed E-state index contributed by atoms with van der Waals surface area (Å²) in [5, 5.41) is 5.28. The van der Waals surface area contributed by atoms with Crippen molar-refractivity contribution in [2.75, 3.05) is 19.0 Å². The molecule has 4 nitrogen and oxygen atoms in total. The SMILES string of the molecule is COCC(N)C(=O)Nc1ccc2c3c(cccc13)CC2.Cl. The number of aryl methyl sites for hydroxylation is 2. The number of rotatable bonds is 4. The number of benzene rings is 2. The van der Waals surface area contributed by atoms with Gasteiger partial charge >= 0.3 is 0 Å². The number of methoxy groups -OCH3 is 1. The second kappa shape index (κ2) is 6.43. The fourth-order valence-corrected chi connectivity index (χ4v) is 2.84. The van der Waals surface area contributed by atoms with Crippen LogP contribution < -0.4 is 11.1 Å².